The second-order valence-corrected chi connectivity index (χ2v) is 8.55. The maximum absolute atomic E-state index is 13.6. The fourth-order valence-corrected chi connectivity index (χ4v) is 3.84. The molecule has 1 fully saturated rings. The Hall–Kier alpha value is -4.57. The molecule has 1 amide bonds. The van der Waals surface area contributed by atoms with Crippen molar-refractivity contribution in [2.45, 2.75) is 18.8 Å². The zero-order valence-electron chi connectivity index (χ0n) is 20.3. The van der Waals surface area contributed by atoms with Crippen LogP contribution in [0, 0.1) is 0 Å². The van der Waals surface area contributed by atoms with Crippen molar-refractivity contribution in [3.8, 4) is 11.4 Å². The molecule has 1 saturated carbocycles. The lowest BCUT2D eigenvalue weighted by Crippen LogP contribution is -2.25. The molecule has 1 aliphatic carbocycles. The van der Waals surface area contributed by atoms with Crippen LogP contribution < -0.4 is 20.9 Å². The Morgan fingerprint density at radius 1 is 1.14 bits per heavy atom. The molecule has 2 N–H and O–H groups in total. The van der Waals surface area contributed by atoms with Crippen molar-refractivity contribution < 1.29 is 14.3 Å². The van der Waals surface area contributed by atoms with Gasteiger partial charge in [0.05, 0.1) is 18.5 Å². The van der Waals surface area contributed by atoms with Gasteiger partial charge in [0.2, 0.25) is 11.9 Å². The highest BCUT2D eigenvalue weighted by molar-refractivity contribution is 5.99. The van der Waals surface area contributed by atoms with Crippen molar-refractivity contribution in [2.24, 2.45) is 0 Å². The Bertz CT molecular complexity index is 1510. The van der Waals surface area contributed by atoms with Gasteiger partial charge >= 0.3 is 0 Å². The number of hydrogen-bond donors (Lipinski definition) is 2. The summed E-state index contributed by atoms with van der Waals surface area (Å²) in [5.74, 6) is 0.822. The molecule has 10 nitrogen and oxygen atoms in total. The lowest BCUT2D eigenvalue weighted by molar-refractivity contribution is -0.111. The van der Waals surface area contributed by atoms with Gasteiger partial charge in [-0.2, -0.15) is 4.98 Å². The van der Waals surface area contributed by atoms with E-state index >= 15 is 0 Å². The zero-order chi connectivity index (χ0) is 25.8. The molecule has 4 aromatic rings. The normalized spacial score (nSPS) is 12.8. The summed E-state index contributed by atoms with van der Waals surface area (Å²) < 4.78 is 12.1. The first kappa shape index (κ1) is 24.1. The number of carbonyl (C=O) groups excluding carboxylic acids is 1. The lowest BCUT2D eigenvalue weighted by atomic mass is 10.2. The van der Waals surface area contributed by atoms with Crippen LogP contribution in [0.5, 0.6) is 5.75 Å². The number of hydrogen-bond acceptors (Lipinski definition) is 8. The largest absolute Gasteiger partial charge is 0.491 e. The monoisotopic (exact) mass is 498 g/mol. The number of rotatable bonds is 10. The number of fused-ring (bicyclic) bond motifs is 1. The summed E-state index contributed by atoms with van der Waals surface area (Å²) in [4.78, 5) is 39.1. The highest BCUT2D eigenvalue weighted by Crippen LogP contribution is 2.38. The molecule has 1 aliphatic rings. The molecule has 0 aliphatic heterocycles. The third kappa shape index (κ3) is 5.49. The molecular weight excluding hydrogens is 472 g/mol. The molecule has 10 heteroatoms. The third-order valence-corrected chi connectivity index (χ3v) is 5.81. The van der Waals surface area contributed by atoms with Gasteiger partial charge in [0.25, 0.3) is 5.56 Å². The summed E-state index contributed by atoms with van der Waals surface area (Å²) in [5, 5.41) is 5.90. The quantitative estimate of drug-likeness (QED) is 0.249. The Morgan fingerprint density at radius 2 is 1.95 bits per heavy atom. The van der Waals surface area contributed by atoms with E-state index in [2.05, 4.69) is 32.2 Å². The fraction of sp³-hybridized carbons (Fsp3) is 0.222. The van der Waals surface area contributed by atoms with Gasteiger partial charge in [0.15, 0.2) is 5.65 Å². The fourth-order valence-electron chi connectivity index (χ4n) is 3.84. The number of carbonyl (C=O) groups is 1. The molecule has 0 radical (unpaired) electrons. The van der Waals surface area contributed by atoms with Crippen molar-refractivity contribution in [3.05, 3.63) is 83.4 Å². The van der Waals surface area contributed by atoms with Crippen molar-refractivity contribution >= 4 is 34.4 Å². The van der Waals surface area contributed by atoms with E-state index in [1.165, 1.54) is 10.6 Å². The Balaban J connectivity index is 1.52. The number of aromatic nitrogens is 4. The number of nitrogens with one attached hydrogen (secondary N) is 2. The maximum Gasteiger partial charge on any atom is 0.278 e. The second-order valence-electron chi connectivity index (χ2n) is 8.55. The number of benzene rings is 2. The van der Waals surface area contributed by atoms with E-state index in [1.54, 1.807) is 37.6 Å². The van der Waals surface area contributed by atoms with E-state index in [1.807, 2.05) is 24.3 Å². The second kappa shape index (κ2) is 10.6. The highest BCUT2D eigenvalue weighted by Gasteiger charge is 2.30. The van der Waals surface area contributed by atoms with E-state index in [9.17, 15) is 9.59 Å². The van der Waals surface area contributed by atoms with E-state index < -0.39 is 0 Å². The van der Waals surface area contributed by atoms with Gasteiger partial charge < -0.3 is 20.1 Å². The highest BCUT2D eigenvalue weighted by atomic mass is 16.5. The summed E-state index contributed by atoms with van der Waals surface area (Å²) in [5.41, 5.74) is 2.98. The average Bonchev–Trinajstić information content (AvgIpc) is 3.75. The van der Waals surface area contributed by atoms with Gasteiger partial charge in [0, 0.05) is 24.4 Å². The van der Waals surface area contributed by atoms with E-state index in [0.717, 1.165) is 24.3 Å². The average molecular weight is 499 g/mol. The minimum absolute atomic E-state index is 0.134. The molecule has 0 bridgehead atoms. The van der Waals surface area contributed by atoms with Crippen LogP contribution in [0.4, 0.5) is 17.3 Å². The molecule has 2 aromatic carbocycles. The standard InChI is InChI=1S/C27H26N6O4/c1-3-23(34)29-19-5-4-6-20(15-19)33-25-22(31-24(26(33)35)17-7-8-17)16-28-27(32-25)30-18-9-11-21(12-10-18)37-14-13-36-2/h3-6,9-12,15-17H,1,7-8,13-14H2,2H3,(H,29,34)(H,28,30,32). The minimum atomic E-state index is -0.341. The maximum atomic E-state index is 13.6. The van der Waals surface area contributed by atoms with Crippen LogP contribution in [0.2, 0.25) is 0 Å². The topological polar surface area (TPSA) is 120 Å². The number of anilines is 3. The predicted octanol–water partition coefficient (Wildman–Crippen LogP) is 3.95. The summed E-state index contributed by atoms with van der Waals surface area (Å²) in [6.45, 7) is 4.45. The molecule has 2 heterocycles. The van der Waals surface area contributed by atoms with Crippen LogP contribution in [-0.2, 0) is 9.53 Å². The molecule has 0 unspecified atom stereocenters. The van der Waals surface area contributed by atoms with Crippen LogP contribution in [0.25, 0.3) is 16.9 Å². The summed E-state index contributed by atoms with van der Waals surface area (Å²) >= 11 is 0. The Labute approximate surface area is 213 Å². The van der Waals surface area contributed by atoms with E-state index in [4.69, 9.17) is 9.47 Å². The molecule has 0 saturated heterocycles. The first-order valence-electron chi connectivity index (χ1n) is 11.9. The zero-order valence-corrected chi connectivity index (χ0v) is 20.3. The number of amides is 1. The van der Waals surface area contributed by atoms with Gasteiger partial charge in [-0.05, 0) is 61.4 Å². The Kier molecular flexibility index (Phi) is 6.91. The number of methoxy groups -OCH3 is 1. The smallest absolute Gasteiger partial charge is 0.278 e. The number of nitrogens with zero attached hydrogens (tertiary/aromatic N) is 4. The molecule has 0 atom stereocenters. The molecule has 37 heavy (non-hydrogen) atoms. The first-order valence-corrected chi connectivity index (χ1v) is 11.9. The van der Waals surface area contributed by atoms with Gasteiger partial charge in [-0.15, -0.1) is 0 Å². The van der Waals surface area contributed by atoms with Crippen LogP contribution in [0.15, 0.2) is 72.2 Å². The predicted molar refractivity (Wildman–Crippen MR) is 141 cm³/mol. The van der Waals surface area contributed by atoms with Gasteiger partial charge in [-0.25, -0.2) is 9.97 Å². The minimum Gasteiger partial charge on any atom is -0.491 e. The third-order valence-electron chi connectivity index (χ3n) is 5.81. The Morgan fingerprint density at radius 3 is 2.68 bits per heavy atom. The summed E-state index contributed by atoms with van der Waals surface area (Å²) in [6.07, 6.45) is 4.65. The van der Waals surface area contributed by atoms with Crippen LogP contribution in [0.1, 0.15) is 24.5 Å². The van der Waals surface area contributed by atoms with Crippen molar-refractivity contribution in [2.75, 3.05) is 31.0 Å². The lowest BCUT2D eigenvalue weighted by Gasteiger charge is -2.14. The molecule has 188 valence electrons. The van der Waals surface area contributed by atoms with Gasteiger partial charge in [-0.1, -0.05) is 12.6 Å². The summed E-state index contributed by atoms with van der Waals surface area (Å²) in [6, 6.07) is 14.4. The number of ether oxygens (including phenoxy) is 2. The molecule has 2 aromatic heterocycles. The van der Waals surface area contributed by atoms with Crippen molar-refractivity contribution in [3.63, 3.8) is 0 Å². The van der Waals surface area contributed by atoms with Crippen LogP contribution in [0.3, 0.4) is 0 Å². The SMILES string of the molecule is C=CC(=O)Nc1cccc(-n2c(=O)c(C3CC3)nc3cnc(Nc4ccc(OCCOC)cc4)nc32)c1. The molecular formula is C27H26N6O4. The summed E-state index contributed by atoms with van der Waals surface area (Å²) in [7, 11) is 1.62. The van der Waals surface area contributed by atoms with Crippen LogP contribution in [-0.4, -0.2) is 45.7 Å². The van der Waals surface area contributed by atoms with Crippen LogP contribution >= 0.6 is 0 Å². The van der Waals surface area contributed by atoms with Gasteiger partial charge in [-0.3, -0.25) is 14.2 Å². The van der Waals surface area contributed by atoms with E-state index in [-0.39, 0.29) is 17.4 Å². The van der Waals surface area contributed by atoms with Crippen molar-refractivity contribution in [1.29, 1.82) is 0 Å². The van der Waals surface area contributed by atoms with Gasteiger partial charge in [0.1, 0.15) is 23.6 Å². The van der Waals surface area contributed by atoms with Crippen molar-refractivity contribution in [1.82, 2.24) is 19.5 Å². The van der Waals surface area contributed by atoms with E-state index in [0.29, 0.717) is 47.4 Å². The molecule has 5 rings (SSSR count). The molecule has 0 spiro atoms. The first-order chi connectivity index (χ1) is 18.1.